The summed E-state index contributed by atoms with van der Waals surface area (Å²) in [5.74, 6) is 1.88. The first kappa shape index (κ1) is 16.4. The third-order valence-corrected chi connectivity index (χ3v) is 5.90. The molecule has 0 bridgehead atoms. The van der Waals surface area contributed by atoms with Crippen molar-refractivity contribution < 1.29 is 9.47 Å². The predicted molar refractivity (Wildman–Crippen MR) is 105 cm³/mol. The van der Waals surface area contributed by atoms with Gasteiger partial charge in [0.1, 0.15) is 18.1 Å². The van der Waals surface area contributed by atoms with Crippen LogP contribution in [0.25, 0.3) is 20.5 Å². The summed E-state index contributed by atoms with van der Waals surface area (Å²) in [6.07, 6.45) is 2.66. The molecule has 4 heteroatoms. The second-order valence-electron chi connectivity index (χ2n) is 6.40. The first-order valence-electron chi connectivity index (χ1n) is 8.85. The highest BCUT2D eigenvalue weighted by Crippen LogP contribution is 2.38. The van der Waals surface area contributed by atoms with Crippen LogP contribution < -0.4 is 9.47 Å². The Hall–Kier alpha value is -2.04. The molecular formula is C21H23NO2S. The summed E-state index contributed by atoms with van der Waals surface area (Å²) in [6.45, 7) is 4.23. The van der Waals surface area contributed by atoms with Crippen LogP contribution in [0.4, 0.5) is 0 Å². The summed E-state index contributed by atoms with van der Waals surface area (Å²) in [5, 5.41) is 1.18. The summed E-state index contributed by atoms with van der Waals surface area (Å²) in [5.41, 5.74) is 1.22. The van der Waals surface area contributed by atoms with Crippen LogP contribution in [0.2, 0.25) is 0 Å². The number of ether oxygens (including phenoxy) is 2. The predicted octanol–water partition coefficient (Wildman–Crippen LogP) is 5.05. The summed E-state index contributed by atoms with van der Waals surface area (Å²) in [6, 6.07) is 16.8. The van der Waals surface area contributed by atoms with Crippen LogP contribution in [0.5, 0.6) is 11.5 Å². The molecule has 25 heavy (non-hydrogen) atoms. The van der Waals surface area contributed by atoms with Gasteiger partial charge in [0.05, 0.1) is 7.11 Å². The largest absolute Gasteiger partial charge is 0.496 e. The lowest BCUT2D eigenvalue weighted by molar-refractivity contribution is 0.238. The number of fused-ring (bicyclic) bond motifs is 1. The number of benzene rings is 2. The lowest BCUT2D eigenvalue weighted by Gasteiger charge is -2.14. The van der Waals surface area contributed by atoms with Gasteiger partial charge in [0.2, 0.25) is 0 Å². The molecule has 1 aliphatic heterocycles. The van der Waals surface area contributed by atoms with Crippen LogP contribution in [0, 0.1) is 0 Å². The SMILES string of the molecule is COc1cccc2sc(-c3ccc(OCCN4CCCC4)cc3)cc12. The molecule has 0 N–H and O–H groups in total. The average molecular weight is 353 g/mol. The molecular weight excluding hydrogens is 330 g/mol. The van der Waals surface area contributed by atoms with Crippen LogP contribution in [0.15, 0.2) is 48.5 Å². The van der Waals surface area contributed by atoms with Gasteiger partial charge in [-0.3, -0.25) is 4.90 Å². The van der Waals surface area contributed by atoms with Crippen LogP contribution in [-0.4, -0.2) is 38.3 Å². The maximum atomic E-state index is 5.90. The molecule has 1 saturated heterocycles. The molecule has 130 valence electrons. The van der Waals surface area contributed by atoms with Gasteiger partial charge >= 0.3 is 0 Å². The molecule has 4 rings (SSSR count). The van der Waals surface area contributed by atoms with E-state index in [1.54, 1.807) is 18.4 Å². The Morgan fingerprint density at radius 1 is 1.04 bits per heavy atom. The zero-order valence-corrected chi connectivity index (χ0v) is 15.3. The molecule has 1 aliphatic rings. The van der Waals surface area contributed by atoms with Gasteiger partial charge in [-0.2, -0.15) is 0 Å². The minimum absolute atomic E-state index is 0.763. The molecule has 1 fully saturated rings. The Morgan fingerprint density at radius 3 is 2.60 bits per heavy atom. The second-order valence-corrected chi connectivity index (χ2v) is 7.49. The van der Waals surface area contributed by atoms with E-state index in [0.717, 1.165) is 24.7 Å². The topological polar surface area (TPSA) is 21.7 Å². The minimum atomic E-state index is 0.763. The van der Waals surface area contributed by atoms with E-state index < -0.39 is 0 Å². The Morgan fingerprint density at radius 2 is 1.84 bits per heavy atom. The van der Waals surface area contributed by atoms with Crippen molar-refractivity contribution >= 4 is 21.4 Å². The summed E-state index contributed by atoms with van der Waals surface area (Å²) in [4.78, 5) is 3.72. The normalized spacial score (nSPS) is 14.9. The molecule has 0 amide bonds. The van der Waals surface area contributed by atoms with Crippen molar-refractivity contribution in [2.45, 2.75) is 12.8 Å². The van der Waals surface area contributed by atoms with Gasteiger partial charge in [-0.25, -0.2) is 0 Å². The standard InChI is InChI=1S/C21H23NO2S/c1-23-19-5-4-6-20-18(19)15-21(25-20)16-7-9-17(10-8-16)24-14-13-22-11-2-3-12-22/h4-10,15H,2-3,11-14H2,1H3. The molecule has 0 radical (unpaired) electrons. The molecule has 0 atom stereocenters. The van der Waals surface area contributed by atoms with E-state index in [4.69, 9.17) is 9.47 Å². The van der Waals surface area contributed by atoms with Crippen molar-refractivity contribution in [3.8, 4) is 21.9 Å². The Balaban J connectivity index is 1.44. The summed E-state index contributed by atoms with van der Waals surface area (Å²) in [7, 11) is 1.72. The number of hydrogen-bond acceptors (Lipinski definition) is 4. The number of hydrogen-bond donors (Lipinski definition) is 0. The average Bonchev–Trinajstić information content (AvgIpc) is 3.31. The maximum absolute atomic E-state index is 5.90. The van der Waals surface area contributed by atoms with Crippen molar-refractivity contribution in [2.75, 3.05) is 33.4 Å². The monoisotopic (exact) mass is 353 g/mol. The van der Waals surface area contributed by atoms with Gasteiger partial charge in [0.15, 0.2) is 0 Å². The Kier molecular flexibility index (Phi) is 4.90. The van der Waals surface area contributed by atoms with Crippen molar-refractivity contribution in [1.82, 2.24) is 4.90 Å². The molecule has 2 aromatic carbocycles. The van der Waals surface area contributed by atoms with Gasteiger partial charge in [-0.15, -0.1) is 11.3 Å². The second kappa shape index (κ2) is 7.46. The van der Waals surface area contributed by atoms with Gasteiger partial charge < -0.3 is 9.47 Å². The van der Waals surface area contributed by atoms with E-state index in [9.17, 15) is 0 Å². The van der Waals surface area contributed by atoms with E-state index >= 15 is 0 Å². The lowest BCUT2D eigenvalue weighted by Crippen LogP contribution is -2.25. The molecule has 3 aromatic rings. The van der Waals surface area contributed by atoms with Crippen molar-refractivity contribution in [2.24, 2.45) is 0 Å². The third-order valence-electron chi connectivity index (χ3n) is 4.76. The molecule has 1 aromatic heterocycles. The molecule has 0 aliphatic carbocycles. The van der Waals surface area contributed by atoms with Gasteiger partial charge in [-0.05, 0) is 74.0 Å². The zero-order valence-electron chi connectivity index (χ0n) is 14.5. The van der Waals surface area contributed by atoms with Crippen molar-refractivity contribution in [1.29, 1.82) is 0 Å². The fourth-order valence-corrected chi connectivity index (χ4v) is 4.45. The molecule has 0 saturated carbocycles. The van der Waals surface area contributed by atoms with E-state index in [2.05, 4.69) is 41.3 Å². The zero-order chi connectivity index (χ0) is 17.1. The van der Waals surface area contributed by atoms with Gasteiger partial charge in [0.25, 0.3) is 0 Å². The quantitative estimate of drug-likeness (QED) is 0.619. The number of nitrogens with zero attached hydrogens (tertiary/aromatic N) is 1. The molecule has 0 unspecified atom stereocenters. The third kappa shape index (κ3) is 3.65. The Labute approximate surface area is 152 Å². The van der Waals surface area contributed by atoms with E-state index in [-0.39, 0.29) is 0 Å². The first-order chi connectivity index (χ1) is 12.3. The highest BCUT2D eigenvalue weighted by Gasteiger charge is 2.11. The molecule has 3 nitrogen and oxygen atoms in total. The number of likely N-dealkylation sites (tertiary alicyclic amines) is 1. The highest BCUT2D eigenvalue weighted by molar-refractivity contribution is 7.22. The number of methoxy groups -OCH3 is 1. The summed E-state index contributed by atoms with van der Waals surface area (Å²) < 4.78 is 12.6. The lowest BCUT2D eigenvalue weighted by atomic mass is 10.1. The van der Waals surface area contributed by atoms with Gasteiger partial charge in [0, 0.05) is 21.5 Å². The summed E-state index contributed by atoms with van der Waals surface area (Å²) >= 11 is 1.79. The fourth-order valence-electron chi connectivity index (χ4n) is 3.37. The van der Waals surface area contributed by atoms with Crippen LogP contribution >= 0.6 is 11.3 Å². The van der Waals surface area contributed by atoms with Crippen molar-refractivity contribution in [3.63, 3.8) is 0 Å². The van der Waals surface area contributed by atoms with Gasteiger partial charge in [-0.1, -0.05) is 6.07 Å². The van der Waals surface area contributed by atoms with Crippen molar-refractivity contribution in [3.05, 3.63) is 48.5 Å². The number of thiophene rings is 1. The Bertz CT molecular complexity index is 835. The van der Waals surface area contributed by atoms with Crippen LogP contribution in [0.1, 0.15) is 12.8 Å². The van der Waals surface area contributed by atoms with E-state index in [1.165, 1.54) is 46.5 Å². The number of rotatable bonds is 6. The maximum Gasteiger partial charge on any atom is 0.127 e. The van der Waals surface area contributed by atoms with E-state index in [0.29, 0.717) is 0 Å². The fraction of sp³-hybridized carbons (Fsp3) is 0.333. The highest BCUT2D eigenvalue weighted by atomic mass is 32.1. The molecule has 2 heterocycles. The van der Waals surface area contributed by atoms with E-state index in [1.807, 2.05) is 12.1 Å². The van der Waals surface area contributed by atoms with Crippen LogP contribution in [0.3, 0.4) is 0 Å². The smallest absolute Gasteiger partial charge is 0.127 e. The molecule has 0 spiro atoms. The van der Waals surface area contributed by atoms with Crippen LogP contribution in [-0.2, 0) is 0 Å². The minimum Gasteiger partial charge on any atom is -0.496 e. The first-order valence-corrected chi connectivity index (χ1v) is 9.67.